The van der Waals surface area contributed by atoms with Crippen LogP contribution in [0.25, 0.3) is 0 Å². The van der Waals surface area contributed by atoms with Gasteiger partial charge in [0.25, 0.3) is 5.78 Å². The minimum atomic E-state index is -1.18. The molecule has 1 rings (SSSR count). The summed E-state index contributed by atoms with van der Waals surface area (Å²) < 4.78 is 30.1. The summed E-state index contributed by atoms with van der Waals surface area (Å²) in [6.07, 6.45) is 0. The first-order valence-electron chi connectivity index (χ1n) is 4.05. The van der Waals surface area contributed by atoms with E-state index in [0.717, 1.165) is 13.2 Å². The summed E-state index contributed by atoms with van der Waals surface area (Å²) in [5.41, 5.74) is -0.399. The third-order valence-electron chi connectivity index (χ3n) is 1.86. The van der Waals surface area contributed by atoms with Gasteiger partial charge in [0.2, 0.25) is 0 Å². The van der Waals surface area contributed by atoms with Crippen LogP contribution in [0.4, 0.5) is 8.78 Å². The van der Waals surface area contributed by atoms with Crippen molar-refractivity contribution in [1.82, 2.24) is 0 Å². The van der Waals surface area contributed by atoms with Crippen molar-refractivity contribution in [2.24, 2.45) is 0 Å². The van der Waals surface area contributed by atoms with Crippen molar-refractivity contribution in [3.63, 3.8) is 0 Å². The molecule has 0 radical (unpaired) electrons. The number of ketones is 1. The molecule has 15 heavy (non-hydrogen) atoms. The van der Waals surface area contributed by atoms with Gasteiger partial charge in [0, 0.05) is 6.07 Å². The van der Waals surface area contributed by atoms with Crippen LogP contribution in [0.2, 0.25) is 0 Å². The first kappa shape index (κ1) is 11.3. The standard InChI is InChI=1S/C10H8F2O3/c1-5-3-6(8(12)4-7(5)11)9(13)10(14)15-2/h3-4H,1-2H3. The number of esters is 1. The Balaban J connectivity index is 3.21. The molecule has 0 spiro atoms. The molecule has 3 nitrogen and oxygen atoms in total. The predicted molar refractivity (Wildman–Crippen MR) is 47.4 cm³/mol. The van der Waals surface area contributed by atoms with Gasteiger partial charge in [0.05, 0.1) is 12.7 Å². The van der Waals surface area contributed by atoms with E-state index >= 15 is 0 Å². The van der Waals surface area contributed by atoms with Crippen molar-refractivity contribution in [1.29, 1.82) is 0 Å². The summed E-state index contributed by atoms with van der Waals surface area (Å²) >= 11 is 0. The van der Waals surface area contributed by atoms with E-state index in [4.69, 9.17) is 0 Å². The minimum Gasteiger partial charge on any atom is -0.463 e. The number of carbonyl (C=O) groups is 2. The fourth-order valence-electron chi connectivity index (χ4n) is 1.03. The first-order valence-corrected chi connectivity index (χ1v) is 4.05. The van der Waals surface area contributed by atoms with E-state index in [1.165, 1.54) is 6.92 Å². The van der Waals surface area contributed by atoms with Crippen molar-refractivity contribution >= 4 is 11.8 Å². The summed E-state index contributed by atoms with van der Waals surface area (Å²) in [5.74, 6) is -4.15. The molecule has 0 amide bonds. The van der Waals surface area contributed by atoms with Crippen molar-refractivity contribution < 1.29 is 23.1 Å². The smallest absolute Gasteiger partial charge is 0.379 e. The molecule has 0 aliphatic carbocycles. The van der Waals surface area contributed by atoms with Gasteiger partial charge in [-0.1, -0.05) is 0 Å². The van der Waals surface area contributed by atoms with E-state index in [-0.39, 0.29) is 5.56 Å². The quantitative estimate of drug-likeness (QED) is 0.427. The van der Waals surface area contributed by atoms with Gasteiger partial charge in [0.1, 0.15) is 11.6 Å². The van der Waals surface area contributed by atoms with E-state index in [1.807, 2.05) is 0 Å². The Labute approximate surface area is 84.7 Å². The van der Waals surface area contributed by atoms with E-state index in [2.05, 4.69) is 4.74 Å². The lowest BCUT2D eigenvalue weighted by molar-refractivity contribution is -0.135. The van der Waals surface area contributed by atoms with Gasteiger partial charge in [-0.15, -0.1) is 0 Å². The van der Waals surface area contributed by atoms with Gasteiger partial charge < -0.3 is 4.74 Å². The van der Waals surface area contributed by atoms with Gasteiger partial charge in [-0.05, 0) is 18.6 Å². The average molecular weight is 214 g/mol. The second kappa shape index (κ2) is 4.16. The number of aryl methyl sites for hydroxylation is 1. The van der Waals surface area contributed by atoms with Crippen LogP contribution in [0.1, 0.15) is 15.9 Å². The Kier molecular flexibility index (Phi) is 3.14. The van der Waals surface area contributed by atoms with Crippen LogP contribution in [-0.2, 0) is 9.53 Å². The second-order valence-corrected chi connectivity index (χ2v) is 2.90. The topological polar surface area (TPSA) is 43.4 Å². The molecule has 1 aromatic carbocycles. The zero-order chi connectivity index (χ0) is 11.6. The molecule has 0 atom stereocenters. The Morgan fingerprint density at radius 2 is 1.80 bits per heavy atom. The summed E-state index contributed by atoms with van der Waals surface area (Å²) in [6.45, 7) is 1.36. The molecule has 0 bridgehead atoms. The van der Waals surface area contributed by atoms with Gasteiger partial charge in [0.15, 0.2) is 0 Å². The highest BCUT2D eigenvalue weighted by Gasteiger charge is 2.21. The third-order valence-corrected chi connectivity index (χ3v) is 1.86. The molecule has 0 aliphatic heterocycles. The molecule has 1 aromatic rings. The number of carbonyl (C=O) groups excluding carboxylic acids is 2. The Morgan fingerprint density at radius 3 is 2.33 bits per heavy atom. The molecule has 5 heteroatoms. The highest BCUT2D eigenvalue weighted by atomic mass is 19.1. The lowest BCUT2D eigenvalue weighted by Crippen LogP contribution is -2.17. The van der Waals surface area contributed by atoms with Gasteiger partial charge in [-0.3, -0.25) is 4.79 Å². The van der Waals surface area contributed by atoms with E-state index in [1.54, 1.807) is 0 Å². The van der Waals surface area contributed by atoms with Crippen LogP contribution in [0, 0.1) is 18.6 Å². The monoisotopic (exact) mass is 214 g/mol. The van der Waals surface area contributed by atoms with E-state index in [0.29, 0.717) is 6.07 Å². The molecule has 0 saturated carbocycles. The lowest BCUT2D eigenvalue weighted by Gasteiger charge is -2.03. The summed E-state index contributed by atoms with van der Waals surface area (Å²) in [6, 6.07) is 1.54. The van der Waals surface area contributed by atoms with Crippen LogP contribution in [0.5, 0.6) is 0 Å². The number of hydrogen-bond donors (Lipinski definition) is 0. The van der Waals surface area contributed by atoms with Crippen LogP contribution in [-0.4, -0.2) is 18.9 Å². The minimum absolute atomic E-state index is 0.0867. The van der Waals surface area contributed by atoms with Crippen molar-refractivity contribution in [3.8, 4) is 0 Å². The maximum Gasteiger partial charge on any atom is 0.379 e. The number of benzene rings is 1. The molecule has 0 aromatic heterocycles. The summed E-state index contributed by atoms with van der Waals surface area (Å²) in [5, 5.41) is 0. The molecule has 0 N–H and O–H groups in total. The van der Waals surface area contributed by atoms with Gasteiger partial charge in [-0.25, -0.2) is 13.6 Å². The van der Waals surface area contributed by atoms with E-state index < -0.39 is 29.0 Å². The molecule has 0 saturated heterocycles. The molecule has 0 heterocycles. The van der Waals surface area contributed by atoms with Gasteiger partial charge >= 0.3 is 5.97 Å². The molecular formula is C10H8F2O3. The SMILES string of the molecule is COC(=O)C(=O)c1cc(C)c(F)cc1F. The van der Waals surface area contributed by atoms with E-state index in [9.17, 15) is 18.4 Å². The average Bonchev–Trinajstić information content (AvgIpc) is 2.21. The number of hydrogen-bond acceptors (Lipinski definition) is 3. The number of Topliss-reactive ketones (excluding diaryl/α,β-unsaturated/α-hetero) is 1. The zero-order valence-corrected chi connectivity index (χ0v) is 8.14. The molecule has 80 valence electrons. The first-order chi connectivity index (χ1) is 6.97. The Bertz CT molecular complexity index is 427. The van der Waals surface area contributed by atoms with Crippen molar-refractivity contribution in [3.05, 3.63) is 34.9 Å². The fraction of sp³-hybridized carbons (Fsp3) is 0.200. The number of halogens is 2. The maximum atomic E-state index is 13.1. The van der Waals surface area contributed by atoms with Crippen molar-refractivity contribution in [2.75, 3.05) is 7.11 Å². The van der Waals surface area contributed by atoms with Crippen LogP contribution in [0.15, 0.2) is 12.1 Å². The summed E-state index contributed by atoms with van der Waals surface area (Å²) in [7, 11) is 1.01. The predicted octanol–water partition coefficient (Wildman–Crippen LogP) is 1.63. The van der Waals surface area contributed by atoms with Gasteiger partial charge in [-0.2, -0.15) is 0 Å². The van der Waals surface area contributed by atoms with Crippen LogP contribution >= 0.6 is 0 Å². The third kappa shape index (κ3) is 2.18. The molecule has 0 unspecified atom stereocenters. The Morgan fingerprint density at radius 1 is 1.20 bits per heavy atom. The second-order valence-electron chi connectivity index (χ2n) is 2.90. The zero-order valence-electron chi connectivity index (χ0n) is 8.14. The number of rotatable bonds is 2. The largest absolute Gasteiger partial charge is 0.463 e. The highest BCUT2D eigenvalue weighted by Crippen LogP contribution is 2.15. The lowest BCUT2D eigenvalue weighted by atomic mass is 10.1. The fourth-order valence-corrected chi connectivity index (χ4v) is 1.03. The highest BCUT2D eigenvalue weighted by molar-refractivity contribution is 6.40. The summed E-state index contributed by atoms with van der Waals surface area (Å²) in [4.78, 5) is 22.1. The number of methoxy groups -OCH3 is 1. The van der Waals surface area contributed by atoms with Crippen molar-refractivity contribution in [2.45, 2.75) is 6.92 Å². The maximum absolute atomic E-state index is 13.1. The molecule has 0 aliphatic rings. The Hall–Kier alpha value is -1.78. The van der Waals surface area contributed by atoms with Crippen LogP contribution in [0.3, 0.4) is 0 Å². The molecule has 0 fully saturated rings. The molecular weight excluding hydrogens is 206 g/mol. The number of ether oxygens (including phenoxy) is 1. The normalized spacial score (nSPS) is 9.87. The van der Waals surface area contributed by atoms with Crippen LogP contribution < -0.4 is 0 Å².